The maximum Gasteiger partial charge on any atom is 0.409 e. The highest BCUT2D eigenvalue weighted by molar-refractivity contribution is 5.83. The molecule has 0 radical (unpaired) electrons. The molecule has 0 aromatic carbocycles. The van der Waals surface area contributed by atoms with Crippen molar-refractivity contribution in [2.24, 2.45) is 0 Å². The molecular weight excluding hydrogens is 135 g/mol. The minimum Gasteiger partial charge on any atom is -0.344 e. The van der Waals surface area contributed by atoms with E-state index in [1.807, 2.05) is 0 Å². The average Bonchev–Trinajstić information content (AvgIpc) is 1.55. The molecule has 0 aliphatic carbocycles. The largest absolute Gasteiger partial charge is 0.409 e. The third kappa shape index (κ3) is 1.14. The van der Waals surface area contributed by atoms with Gasteiger partial charge in [0.1, 0.15) is 6.04 Å². The van der Waals surface area contributed by atoms with Gasteiger partial charge in [-0.2, -0.15) is 13.2 Å². The van der Waals surface area contributed by atoms with E-state index in [9.17, 15) is 18.0 Å². The van der Waals surface area contributed by atoms with Crippen molar-refractivity contribution < 1.29 is 18.0 Å². The third-order valence-corrected chi connectivity index (χ3v) is 1.12. The number of carbonyl (C=O) groups excluding carboxylic acids is 1. The van der Waals surface area contributed by atoms with Gasteiger partial charge in [0.15, 0.2) is 0 Å². The highest BCUT2D eigenvalue weighted by Gasteiger charge is 2.47. The van der Waals surface area contributed by atoms with Crippen LogP contribution in [0.25, 0.3) is 0 Å². The van der Waals surface area contributed by atoms with Crippen LogP contribution in [0, 0.1) is 0 Å². The lowest BCUT2D eigenvalue weighted by molar-refractivity contribution is -0.179. The first-order valence-corrected chi connectivity index (χ1v) is 2.36. The number of hydrogen-bond donors (Lipinski definition) is 1. The van der Waals surface area contributed by atoms with E-state index in [0.717, 1.165) is 0 Å². The molecular formula is C4H4F3NO. The van der Waals surface area contributed by atoms with E-state index in [0.29, 0.717) is 0 Å². The van der Waals surface area contributed by atoms with E-state index in [1.165, 1.54) is 0 Å². The summed E-state index contributed by atoms with van der Waals surface area (Å²) >= 11 is 0. The Balaban J connectivity index is 2.40. The van der Waals surface area contributed by atoms with E-state index in [1.54, 1.807) is 5.32 Å². The zero-order valence-electron chi connectivity index (χ0n) is 4.33. The fourth-order valence-electron chi connectivity index (χ4n) is 0.556. The summed E-state index contributed by atoms with van der Waals surface area (Å²) in [6, 6.07) is -1.59. The van der Waals surface area contributed by atoms with Gasteiger partial charge in [-0.3, -0.25) is 4.79 Å². The van der Waals surface area contributed by atoms with Crippen LogP contribution in [0.5, 0.6) is 0 Å². The van der Waals surface area contributed by atoms with Crippen molar-refractivity contribution in [2.75, 3.05) is 0 Å². The molecule has 0 bridgehead atoms. The Morgan fingerprint density at radius 3 is 2.11 bits per heavy atom. The Kier molecular flexibility index (Phi) is 1.15. The second kappa shape index (κ2) is 1.62. The Hall–Kier alpha value is -0.740. The highest BCUT2D eigenvalue weighted by atomic mass is 19.4. The van der Waals surface area contributed by atoms with Gasteiger partial charge < -0.3 is 5.32 Å². The van der Waals surface area contributed by atoms with Crippen molar-refractivity contribution in [3.63, 3.8) is 0 Å². The lowest BCUT2D eigenvalue weighted by Crippen LogP contribution is -2.56. The molecule has 9 heavy (non-hydrogen) atoms. The summed E-state index contributed by atoms with van der Waals surface area (Å²) in [5.74, 6) is -0.530. The van der Waals surface area contributed by atoms with Crippen molar-refractivity contribution >= 4 is 5.91 Å². The highest BCUT2D eigenvalue weighted by Crippen LogP contribution is 2.26. The van der Waals surface area contributed by atoms with Crippen LogP contribution in [0.2, 0.25) is 0 Å². The summed E-state index contributed by atoms with van der Waals surface area (Å²) in [4.78, 5) is 9.95. The van der Waals surface area contributed by atoms with Gasteiger partial charge in [-0.05, 0) is 0 Å². The Morgan fingerprint density at radius 2 is 2.00 bits per heavy atom. The van der Waals surface area contributed by atoms with Crippen molar-refractivity contribution in [1.82, 2.24) is 5.32 Å². The monoisotopic (exact) mass is 139 g/mol. The van der Waals surface area contributed by atoms with Crippen LogP contribution in [-0.4, -0.2) is 18.1 Å². The summed E-state index contributed by atoms with van der Waals surface area (Å²) in [5, 5.41) is 1.72. The van der Waals surface area contributed by atoms with E-state index in [-0.39, 0.29) is 0 Å². The first kappa shape index (κ1) is 6.38. The predicted molar refractivity (Wildman–Crippen MR) is 22.6 cm³/mol. The minimum absolute atomic E-state index is 0.413. The molecule has 1 atom stereocenters. The topological polar surface area (TPSA) is 29.1 Å². The Labute approximate surface area is 49.0 Å². The molecule has 0 aromatic heterocycles. The van der Waals surface area contributed by atoms with Gasteiger partial charge in [-0.25, -0.2) is 0 Å². The van der Waals surface area contributed by atoms with Crippen LogP contribution in [0.4, 0.5) is 13.2 Å². The van der Waals surface area contributed by atoms with Crippen molar-refractivity contribution in [1.29, 1.82) is 0 Å². The van der Waals surface area contributed by atoms with Gasteiger partial charge in [0.25, 0.3) is 0 Å². The molecule has 1 heterocycles. The fraction of sp³-hybridized carbons (Fsp3) is 0.750. The van der Waals surface area contributed by atoms with Gasteiger partial charge in [0, 0.05) is 0 Å². The van der Waals surface area contributed by atoms with Crippen LogP contribution in [0.15, 0.2) is 0 Å². The summed E-state index contributed by atoms with van der Waals surface area (Å²) in [6.45, 7) is 0. The molecule has 0 aromatic rings. The second-order valence-electron chi connectivity index (χ2n) is 1.87. The van der Waals surface area contributed by atoms with Crippen LogP contribution in [0.1, 0.15) is 6.42 Å². The predicted octanol–water partition coefficient (Wildman–Crippen LogP) is 0.437. The van der Waals surface area contributed by atoms with Crippen molar-refractivity contribution in [3.05, 3.63) is 0 Å². The molecule has 0 spiro atoms. The van der Waals surface area contributed by atoms with E-state index in [4.69, 9.17) is 0 Å². The van der Waals surface area contributed by atoms with Gasteiger partial charge >= 0.3 is 6.18 Å². The van der Waals surface area contributed by atoms with Crippen LogP contribution in [0.3, 0.4) is 0 Å². The number of rotatable bonds is 0. The smallest absolute Gasteiger partial charge is 0.344 e. The third-order valence-electron chi connectivity index (χ3n) is 1.12. The lowest BCUT2D eigenvalue weighted by Gasteiger charge is -2.28. The second-order valence-corrected chi connectivity index (χ2v) is 1.87. The molecule has 52 valence electrons. The van der Waals surface area contributed by atoms with E-state index >= 15 is 0 Å². The molecule has 0 unspecified atom stereocenters. The molecule has 1 N–H and O–H groups in total. The molecule has 1 amide bonds. The number of amides is 1. The van der Waals surface area contributed by atoms with Gasteiger partial charge in [-0.1, -0.05) is 0 Å². The van der Waals surface area contributed by atoms with Gasteiger partial charge in [-0.15, -0.1) is 0 Å². The Bertz CT molecular complexity index is 133. The Morgan fingerprint density at radius 1 is 1.56 bits per heavy atom. The van der Waals surface area contributed by atoms with Gasteiger partial charge in [0.05, 0.1) is 6.42 Å². The maximum atomic E-state index is 11.5. The molecule has 2 nitrogen and oxygen atoms in total. The van der Waals surface area contributed by atoms with Crippen molar-refractivity contribution in [3.8, 4) is 0 Å². The number of halogens is 3. The minimum atomic E-state index is -4.26. The number of β-lactam (4-membered cyclic amide) rings is 1. The van der Waals surface area contributed by atoms with Crippen LogP contribution >= 0.6 is 0 Å². The standard InChI is InChI=1S/C4H4F3NO/c5-4(6,7)2-1-3(9)8-2/h2H,1H2,(H,8,9)/t2-/m1/s1. The van der Waals surface area contributed by atoms with E-state index < -0.39 is 24.5 Å². The van der Waals surface area contributed by atoms with Gasteiger partial charge in [0.2, 0.25) is 5.91 Å². The fourth-order valence-corrected chi connectivity index (χ4v) is 0.556. The molecule has 1 fully saturated rings. The summed E-state index contributed by atoms with van der Waals surface area (Å²) < 4.78 is 34.4. The maximum absolute atomic E-state index is 11.5. The summed E-state index contributed by atoms with van der Waals surface area (Å²) in [5.41, 5.74) is 0. The molecule has 1 rings (SSSR count). The van der Waals surface area contributed by atoms with Crippen LogP contribution in [-0.2, 0) is 4.79 Å². The molecule has 5 heteroatoms. The first-order valence-electron chi connectivity index (χ1n) is 2.36. The zero-order chi connectivity index (χ0) is 7.07. The van der Waals surface area contributed by atoms with Crippen molar-refractivity contribution in [2.45, 2.75) is 18.6 Å². The zero-order valence-corrected chi connectivity index (χ0v) is 4.33. The van der Waals surface area contributed by atoms with Crippen LogP contribution < -0.4 is 5.32 Å². The molecule has 1 aliphatic heterocycles. The summed E-state index contributed by atoms with van der Waals surface area (Å²) in [6.07, 6.45) is -4.67. The molecule has 1 saturated heterocycles. The number of alkyl halides is 3. The first-order chi connectivity index (χ1) is 4.00. The quantitative estimate of drug-likeness (QED) is 0.484. The SMILES string of the molecule is O=C1C[C@H](C(F)(F)F)N1. The number of hydrogen-bond acceptors (Lipinski definition) is 1. The summed E-state index contributed by atoms with van der Waals surface area (Å²) in [7, 11) is 0. The molecule has 0 saturated carbocycles. The number of nitrogens with one attached hydrogen (secondary N) is 1. The lowest BCUT2D eigenvalue weighted by atomic mass is 10.1. The average molecular weight is 139 g/mol. The molecule has 1 aliphatic rings. The van der Waals surface area contributed by atoms with E-state index in [2.05, 4.69) is 0 Å². The number of carbonyl (C=O) groups is 1. The normalized spacial score (nSPS) is 27.0.